The van der Waals surface area contributed by atoms with E-state index in [2.05, 4.69) is 4.90 Å². The van der Waals surface area contributed by atoms with E-state index in [-0.39, 0.29) is 5.91 Å². The fourth-order valence-corrected chi connectivity index (χ4v) is 5.18. The molecular weight excluding hydrogens is 224 g/mol. The molecule has 1 amide bonds. The van der Waals surface area contributed by atoms with Gasteiger partial charge in [0.1, 0.15) is 0 Å². The number of hydrogen-bond acceptors (Lipinski definition) is 2. The Hall–Kier alpha value is -0.570. The average molecular weight is 250 g/mol. The van der Waals surface area contributed by atoms with Crippen molar-refractivity contribution in [2.24, 2.45) is 29.4 Å². The first kappa shape index (κ1) is 12.5. The summed E-state index contributed by atoms with van der Waals surface area (Å²) in [4.78, 5) is 14.1. The molecule has 0 atom stereocenters. The highest BCUT2D eigenvalue weighted by Gasteiger charge is 2.50. The fraction of sp³-hybridized carbons (Fsp3) is 0.933. The van der Waals surface area contributed by atoms with Gasteiger partial charge in [0.2, 0.25) is 5.91 Å². The molecule has 0 aromatic rings. The van der Waals surface area contributed by atoms with Gasteiger partial charge in [-0.15, -0.1) is 0 Å². The highest BCUT2D eigenvalue weighted by molar-refractivity contribution is 5.73. The van der Waals surface area contributed by atoms with Crippen molar-refractivity contribution in [3.8, 4) is 0 Å². The van der Waals surface area contributed by atoms with Crippen molar-refractivity contribution in [2.45, 2.75) is 51.5 Å². The molecule has 0 aromatic carbocycles. The van der Waals surface area contributed by atoms with Crippen LogP contribution < -0.4 is 5.73 Å². The molecule has 3 heteroatoms. The highest BCUT2D eigenvalue weighted by Crippen LogP contribution is 2.55. The molecule has 4 fully saturated rings. The van der Waals surface area contributed by atoms with Crippen LogP contribution in [0.15, 0.2) is 0 Å². The van der Waals surface area contributed by atoms with Gasteiger partial charge < -0.3 is 10.6 Å². The van der Waals surface area contributed by atoms with Gasteiger partial charge in [-0.1, -0.05) is 0 Å². The molecule has 4 bridgehead atoms. The lowest BCUT2D eigenvalue weighted by Crippen LogP contribution is -2.57. The second-order valence-corrected chi connectivity index (χ2v) is 6.78. The molecule has 4 aliphatic carbocycles. The maximum atomic E-state index is 12.0. The van der Waals surface area contributed by atoms with Crippen molar-refractivity contribution >= 4 is 5.91 Å². The van der Waals surface area contributed by atoms with Crippen LogP contribution in [0.5, 0.6) is 0 Å². The summed E-state index contributed by atoms with van der Waals surface area (Å²) in [6, 6.07) is 0.543. The number of nitrogens with two attached hydrogens (primary N) is 1. The smallest absolute Gasteiger partial charge is 0.219 e. The minimum atomic E-state index is 0.265. The summed E-state index contributed by atoms with van der Waals surface area (Å²) in [7, 11) is 0. The monoisotopic (exact) mass is 250 g/mol. The Morgan fingerprint density at radius 3 is 2.11 bits per heavy atom. The normalized spacial score (nSPS) is 41.1. The zero-order valence-electron chi connectivity index (χ0n) is 11.5. The van der Waals surface area contributed by atoms with E-state index in [9.17, 15) is 4.79 Å². The van der Waals surface area contributed by atoms with Gasteiger partial charge in [-0.25, -0.2) is 0 Å². The lowest BCUT2D eigenvalue weighted by molar-refractivity contribution is -0.141. The van der Waals surface area contributed by atoms with Gasteiger partial charge in [-0.2, -0.15) is 0 Å². The Balaban J connectivity index is 1.75. The maximum Gasteiger partial charge on any atom is 0.219 e. The summed E-state index contributed by atoms with van der Waals surface area (Å²) in [6.07, 6.45) is 7.94. The molecular formula is C15H26N2O. The zero-order valence-corrected chi connectivity index (χ0v) is 11.5. The van der Waals surface area contributed by atoms with E-state index >= 15 is 0 Å². The van der Waals surface area contributed by atoms with Gasteiger partial charge in [0.15, 0.2) is 0 Å². The molecule has 0 radical (unpaired) electrons. The molecule has 102 valence electrons. The molecule has 0 saturated heterocycles. The number of carbonyl (C=O) groups is 1. The molecule has 3 nitrogen and oxygen atoms in total. The molecule has 4 saturated carbocycles. The summed E-state index contributed by atoms with van der Waals surface area (Å²) in [5.74, 6) is 3.81. The van der Waals surface area contributed by atoms with Crippen LogP contribution in [0.4, 0.5) is 0 Å². The first-order valence-corrected chi connectivity index (χ1v) is 7.66. The first-order chi connectivity index (χ1) is 8.69. The summed E-state index contributed by atoms with van der Waals surface area (Å²) in [5.41, 5.74) is 5.61. The lowest BCUT2D eigenvalue weighted by atomic mass is 9.54. The molecule has 0 aliphatic heterocycles. The van der Waals surface area contributed by atoms with Crippen molar-refractivity contribution in [1.82, 2.24) is 4.90 Å². The lowest BCUT2D eigenvalue weighted by Gasteiger charge is -2.57. The van der Waals surface area contributed by atoms with Gasteiger partial charge in [-0.3, -0.25) is 4.79 Å². The second-order valence-electron chi connectivity index (χ2n) is 6.78. The Morgan fingerprint density at radius 1 is 1.11 bits per heavy atom. The van der Waals surface area contributed by atoms with Crippen LogP contribution in [0.25, 0.3) is 0 Å². The molecule has 0 heterocycles. The SMILES string of the molecule is CC(=O)N(CCCN)C1C2CC3CC(C2)CC1C3. The standard InChI is InChI=1S/C15H26N2O/c1-10(18)17(4-2-3-16)15-13-6-11-5-12(8-13)9-14(15)7-11/h11-15H,2-9,16H2,1H3. The summed E-state index contributed by atoms with van der Waals surface area (Å²) >= 11 is 0. The van der Waals surface area contributed by atoms with Gasteiger partial charge in [0.05, 0.1) is 0 Å². The molecule has 18 heavy (non-hydrogen) atoms. The van der Waals surface area contributed by atoms with Gasteiger partial charge in [0.25, 0.3) is 0 Å². The highest BCUT2D eigenvalue weighted by atomic mass is 16.2. The van der Waals surface area contributed by atoms with E-state index in [1.807, 2.05) is 0 Å². The van der Waals surface area contributed by atoms with Crippen LogP contribution in [-0.4, -0.2) is 29.9 Å². The van der Waals surface area contributed by atoms with Crippen LogP contribution in [0.3, 0.4) is 0 Å². The van der Waals surface area contributed by atoms with Gasteiger partial charge in [-0.05, 0) is 68.7 Å². The first-order valence-electron chi connectivity index (χ1n) is 7.66. The minimum absolute atomic E-state index is 0.265. The quantitative estimate of drug-likeness (QED) is 0.829. The van der Waals surface area contributed by atoms with Crippen LogP contribution in [0.2, 0.25) is 0 Å². The minimum Gasteiger partial charge on any atom is -0.339 e. The summed E-state index contributed by atoms with van der Waals surface area (Å²) in [6.45, 7) is 3.30. The van der Waals surface area contributed by atoms with E-state index in [1.165, 1.54) is 32.1 Å². The number of nitrogens with zero attached hydrogens (tertiary/aromatic N) is 1. The van der Waals surface area contributed by atoms with Gasteiger partial charge in [0, 0.05) is 19.5 Å². The third-order valence-electron chi connectivity index (χ3n) is 5.54. The average Bonchev–Trinajstić information content (AvgIpc) is 2.31. The summed E-state index contributed by atoms with van der Waals surface area (Å²) < 4.78 is 0. The second kappa shape index (κ2) is 4.84. The molecule has 4 aliphatic rings. The molecule has 0 aromatic heterocycles. The van der Waals surface area contributed by atoms with E-state index in [0.717, 1.165) is 36.6 Å². The number of hydrogen-bond donors (Lipinski definition) is 1. The fourth-order valence-electron chi connectivity index (χ4n) is 5.18. The van der Waals surface area contributed by atoms with Crippen molar-refractivity contribution < 1.29 is 4.79 Å². The van der Waals surface area contributed by atoms with E-state index in [1.54, 1.807) is 6.92 Å². The predicted octanol–water partition coefficient (Wildman–Crippen LogP) is 2.01. The number of carbonyl (C=O) groups excluding carboxylic acids is 1. The molecule has 2 N–H and O–H groups in total. The van der Waals surface area contributed by atoms with Crippen LogP contribution >= 0.6 is 0 Å². The van der Waals surface area contributed by atoms with E-state index < -0.39 is 0 Å². The van der Waals surface area contributed by atoms with Crippen LogP contribution in [0.1, 0.15) is 45.4 Å². The number of amides is 1. The van der Waals surface area contributed by atoms with Crippen molar-refractivity contribution in [3.63, 3.8) is 0 Å². The predicted molar refractivity (Wildman–Crippen MR) is 71.9 cm³/mol. The van der Waals surface area contributed by atoms with E-state index in [4.69, 9.17) is 5.73 Å². The van der Waals surface area contributed by atoms with Gasteiger partial charge >= 0.3 is 0 Å². The topological polar surface area (TPSA) is 46.3 Å². The van der Waals surface area contributed by atoms with Crippen molar-refractivity contribution in [3.05, 3.63) is 0 Å². The third kappa shape index (κ3) is 2.07. The molecule has 4 rings (SSSR count). The van der Waals surface area contributed by atoms with Crippen molar-refractivity contribution in [1.29, 1.82) is 0 Å². The van der Waals surface area contributed by atoms with Crippen LogP contribution in [-0.2, 0) is 4.79 Å². The zero-order chi connectivity index (χ0) is 12.7. The largest absolute Gasteiger partial charge is 0.339 e. The van der Waals surface area contributed by atoms with E-state index in [0.29, 0.717) is 12.6 Å². The Kier molecular flexibility index (Phi) is 3.35. The van der Waals surface area contributed by atoms with Crippen molar-refractivity contribution in [2.75, 3.05) is 13.1 Å². The van der Waals surface area contributed by atoms with Crippen LogP contribution in [0, 0.1) is 23.7 Å². The third-order valence-corrected chi connectivity index (χ3v) is 5.54. The Labute approximate surface area is 110 Å². The Morgan fingerprint density at radius 2 is 1.67 bits per heavy atom. The maximum absolute atomic E-state index is 12.0. The Bertz CT molecular complexity index is 300. The summed E-state index contributed by atoms with van der Waals surface area (Å²) in [5, 5.41) is 0. The molecule has 0 unspecified atom stereocenters. The number of rotatable bonds is 4. The molecule has 0 spiro atoms.